The van der Waals surface area contributed by atoms with Crippen LogP contribution in [-0.4, -0.2) is 50.3 Å². The number of hydrogen-bond acceptors (Lipinski definition) is 7. The maximum Gasteiger partial charge on any atom is 0.426 e. The third-order valence-electron chi connectivity index (χ3n) is 2.62. The molecule has 0 bridgehead atoms. The molecule has 1 aliphatic rings. The lowest BCUT2D eigenvalue weighted by Crippen LogP contribution is -2.43. The molecular weight excluding hydrogens is 290 g/mol. The molecule has 1 fully saturated rings. The second kappa shape index (κ2) is 5.55. The average molecular weight is 303 g/mol. The van der Waals surface area contributed by atoms with E-state index in [0.29, 0.717) is 10.1 Å². The predicted molar refractivity (Wildman–Crippen MR) is 66.6 cm³/mol. The third-order valence-corrected chi connectivity index (χ3v) is 3.96. The minimum atomic E-state index is -4.39. The van der Waals surface area contributed by atoms with Crippen molar-refractivity contribution in [2.75, 3.05) is 20.3 Å². The Morgan fingerprint density at radius 3 is 2.50 bits per heavy atom. The number of hydrogen-bond donors (Lipinski definition) is 1. The van der Waals surface area contributed by atoms with Crippen LogP contribution in [0.15, 0.2) is 24.3 Å². The normalized spacial score (nSPS) is 18.8. The topological polar surface area (TPSA) is 102 Å². The molecule has 1 unspecified atom stereocenters. The maximum absolute atomic E-state index is 12.0. The summed E-state index contributed by atoms with van der Waals surface area (Å²) in [6, 6.07) is 4.80. The van der Waals surface area contributed by atoms with Gasteiger partial charge in [-0.1, -0.05) is 0 Å². The van der Waals surface area contributed by atoms with Crippen LogP contribution in [0.5, 0.6) is 11.5 Å². The number of ether oxygens (including phenoxy) is 2. The van der Waals surface area contributed by atoms with Gasteiger partial charge in [-0.3, -0.25) is 0 Å². The smallest absolute Gasteiger partial charge is 0.426 e. The molecule has 1 aromatic carbocycles. The molecule has 1 heterocycles. The predicted octanol–water partition coefficient (Wildman–Crippen LogP) is 0.132. The van der Waals surface area contributed by atoms with E-state index in [2.05, 4.69) is 4.74 Å². The summed E-state index contributed by atoms with van der Waals surface area (Å²) in [4.78, 5) is 11.4. The van der Waals surface area contributed by atoms with E-state index in [-0.39, 0.29) is 12.4 Å². The number of methoxy groups -OCH3 is 1. The lowest BCUT2D eigenvalue weighted by Gasteiger charge is -2.18. The Kier molecular flexibility index (Phi) is 4.00. The molecule has 0 aliphatic carbocycles. The molecule has 2 rings (SSSR count). The molecule has 1 aromatic rings. The summed E-state index contributed by atoms with van der Waals surface area (Å²) < 4.78 is 38.7. The molecule has 0 spiro atoms. The first-order chi connectivity index (χ1) is 9.47. The van der Waals surface area contributed by atoms with Crippen molar-refractivity contribution in [3.63, 3.8) is 0 Å². The van der Waals surface area contributed by atoms with Gasteiger partial charge in [0.1, 0.15) is 24.1 Å². The quantitative estimate of drug-likeness (QED) is 0.824. The molecule has 0 saturated carbocycles. The van der Waals surface area contributed by atoms with Gasteiger partial charge in [0.05, 0.1) is 13.7 Å². The zero-order valence-corrected chi connectivity index (χ0v) is 11.4. The number of carbonyl (C=O) groups is 1. The zero-order chi connectivity index (χ0) is 14.8. The number of aliphatic hydroxyl groups excluding tert-OH is 1. The Labute approximate surface area is 115 Å². The molecule has 0 aromatic heterocycles. The fourth-order valence-corrected chi connectivity index (χ4v) is 2.80. The second-order valence-electron chi connectivity index (χ2n) is 3.93. The number of carbonyl (C=O) groups excluding carboxylic acids is 1. The maximum atomic E-state index is 12.0. The van der Waals surface area contributed by atoms with Gasteiger partial charge in [-0.25, -0.2) is 4.79 Å². The van der Waals surface area contributed by atoms with E-state index in [1.807, 2.05) is 0 Å². The van der Waals surface area contributed by atoms with Gasteiger partial charge >= 0.3 is 16.4 Å². The summed E-state index contributed by atoms with van der Waals surface area (Å²) in [5.74, 6) is 0.547. The summed E-state index contributed by atoms with van der Waals surface area (Å²) in [5, 5.41) is 9.04. The first-order valence-electron chi connectivity index (χ1n) is 5.63. The van der Waals surface area contributed by atoms with E-state index in [1.165, 1.54) is 31.4 Å². The molecule has 8 nitrogen and oxygen atoms in total. The Balaban J connectivity index is 2.19. The van der Waals surface area contributed by atoms with Gasteiger partial charge in [0, 0.05) is 0 Å². The molecule has 1 saturated heterocycles. The van der Waals surface area contributed by atoms with Crippen molar-refractivity contribution in [2.24, 2.45) is 0 Å². The van der Waals surface area contributed by atoms with E-state index < -0.39 is 29.0 Å². The first kappa shape index (κ1) is 14.4. The van der Waals surface area contributed by atoms with Gasteiger partial charge in [-0.05, 0) is 24.3 Å². The number of benzene rings is 1. The zero-order valence-electron chi connectivity index (χ0n) is 10.6. The molecule has 110 valence electrons. The molecule has 0 radical (unpaired) electrons. The second-order valence-corrected chi connectivity index (χ2v) is 5.34. The summed E-state index contributed by atoms with van der Waals surface area (Å²) in [7, 11) is -2.91. The number of cyclic esters (lactones) is 1. The highest BCUT2D eigenvalue weighted by atomic mass is 32.2. The van der Waals surface area contributed by atoms with Crippen molar-refractivity contribution in [1.82, 2.24) is 4.31 Å². The highest BCUT2D eigenvalue weighted by Gasteiger charge is 2.43. The highest BCUT2D eigenvalue weighted by Crippen LogP contribution is 2.23. The van der Waals surface area contributed by atoms with E-state index in [0.717, 1.165) is 0 Å². The summed E-state index contributed by atoms with van der Waals surface area (Å²) in [6.45, 7) is -0.753. The van der Waals surface area contributed by atoms with Crippen molar-refractivity contribution in [3.05, 3.63) is 24.3 Å². The monoisotopic (exact) mass is 303 g/mol. The van der Waals surface area contributed by atoms with E-state index in [4.69, 9.17) is 14.0 Å². The van der Waals surface area contributed by atoms with Crippen LogP contribution >= 0.6 is 0 Å². The van der Waals surface area contributed by atoms with E-state index in [1.54, 1.807) is 0 Å². The van der Waals surface area contributed by atoms with Crippen molar-refractivity contribution in [2.45, 2.75) is 6.04 Å². The largest absolute Gasteiger partial charge is 0.497 e. The fraction of sp³-hybridized carbons (Fsp3) is 0.364. The Bertz CT molecular complexity index is 583. The van der Waals surface area contributed by atoms with Crippen LogP contribution in [-0.2, 0) is 15.0 Å². The minimum absolute atomic E-state index is 0.0159. The van der Waals surface area contributed by atoms with Crippen molar-refractivity contribution in [1.29, 1.82) is 0 Å². The lowest BCUT2D eigenvalue weighted by atomic mass is 10.3. The van der Waals surface area contributed by atoms with E-state index >= 15 is 0 Å². The Hall–Kier alpha value is -2.00. The summed E-state index contributed by atoms with van der Waals surface area (Å²) in [5.41, 5.74) is 0. The fourth-order valence-electron chi connectivity index (χ4n) is 1.64. The van der Waals surface area contributed by atoms with Crippen LogP contribution < -0.4 is 8.92 Å². The molecular formula is C11H13NO7S. The molecule has 1 N–H and O–H groups in total. The standard InChI is InChI=1S/C11H13NO7S/c1-17-9-2-4-10(5-3-9)19-20(15,16)12-8(6-13)7-18-11(12)14/h2-5,8,13H,6-7H2,1H3. The summed E-state index contributed by atoms with van der Waals surface area (Å²) >= 11 is 0. The third kappa shape index (κ3) is 2.78. The van der Waals surface area contributed by atoms with Crippen molar-refractivity contribution < 1.29 is 32.0 Å². The Morgan fingerprint density at radius 2 is 1.95 bits per heavy atom. The summed E-state index contributed by atoms with van der Waals surface area (Å²) in [6.07, 6.45) is -1.07. The van der Waals surface area contributed by atoms with Crippen LogP contribution in [0.2, 0.25) is 0 Å². The van der Waals surface area contributed by atoms with Gasteiger partial charge < -0.3 is 18.8 Å². The molecule has 1 aliphatic heterocycles. The molecule has 1 atom stereocenters. The highest BCUT2D eigenvalue weighted by molar-refractivity contribution is 7.85. The lowest BCUT2D eigenvalue weighted by molar-refractivity contribution is 0.168. The van der Waals surface area contributed by atoms with Crippen LogP contribution in [0.3, 0.4) is 0 Å². The number of rotatable bonds is 5. The average Bonchev–Trinajstić information content (AvgIpc) is 2.81. The minimum Gasteiger partial charge on any atom is -0.497 e. The van der Waals surface area contributed by atoms with Gasteiger partial charge in [0.25, 0.3) is 0 Å². The van der Waals surface area contributed by atoms with Crippen LogP contribution in [0.4, 0.5) is 4.79 Å². The van der Waals surface area contributed by atoms with Gasteiger partial charge in [0.2, 0.25) is 0 Å². The van der Waals surface area contributed by atoms with Crippen molar-refractivity contribution >= 4 is 16.4 Å². The SMILES string of the molecule is COc1ccc(OS(=O)(=O)N2C(=O)OCC2CO)cc1. The van der Waals surface area contributed by atoms with Gasteiger partial charge in [-0.15, -0.1) is 0 Å². The van der Waals surface area contributed by atoms with Crippen LogP contribution in [0.25, 0.3) is 0 Å². The first-order valence-corrected chi connectivity index (χ1v) is 7.00. The number of nitrogens with zero attached hydrogens (tertiary/aromatic N) is 1. The van der Waals surface area contributed by atoms with Crippen LogP contribution in [0, 0.1) is 0 Å². The Morgan fingerprint density at radius 1 is 1.35 bits per heavy atom. The van der Waals surface area contributed by atoms with Gasteiger partial charge in [-0.2, -0.15) is 12.7 Å². The molecule has 1 amide bonds. The van der Waals surface area contributed by atoms with Gasteiger partial charge in [0.15, 0.2) is 0 Å². The number of amides is 1. The molecule has 20 heavy (non-hydrogen) atoms. The van der Waals surface area contributed by atoms with Crippen molar-refractivity contribution in [3.8, 4) is 11.5 Å². The van der Waals surface area contributed by atoms with Crippen LogP contribution in [0.1, 0.15) is 0 Å². The number of aliphatic hydroxyl groups is 1. The molecule has 9 heteroatoms. The van der Waals surface area contributed by atoms with E-state index in [9.17, 15) is 13.2 Å².